The van der Waals surface area contributed by atoms with Gasteiger partial charge in [0.15, 0.2) is 0 Å². The lowest BCUT2D eigenvalue weighted by Crippen LogP contribution is -2.35. The zero-order valence-corrected chi connectivity index (χ0v) is 12.6. The number of hydrogen-bond acceptors (Lipinski definition) is 3. The van der Waals surface area contributed by atoms with Gasteiger partial charge in [-0.2, -0.15) is 13.2 Å². The third kappa shape index (κ3) is 4.81. The molecule has 0 atom stereocenters. The largest absolute Gasteiger partial charge is 0.405 e. The Kier molecular flexibility index (Phi) is 6.05. The van der Waals surface area contributed by atoms with Gasteiger partial charge in [-0.3, -0.25) is 0 Å². The van der Waals surface area contributed by atoms with Crippen molar-refractivity contribution in [1.29, 1.82) is 0 Å². The smallest absolute Gasteiger partial charge is 0.360 e. The van der Waals surface area contributed by atoms with Crippen LogP contribution in [0.3, 0.4) is 0 Å². The molecule has 0 radical (unpaired) electrons. The van der Waals surface area contributed by atoms with Crippen molar-refractivity contribution in [1.82, 2.24) is 9.97 Å². The molecule has 0 unspecified atom stereocenters. The van der Waals surface area contributed by atoms with Crippen LogP contribution in [0.4, 0.5) is 18.9 Å². The second-order valence-electron chi connectivity index (χ2n) is 4.89. The summed E-state index contributed by atoms with van der Waals surface area (Å²) >= 11 is 5.83. The van der Waals surface area contributed by atoms with Crippen LogP contribution >= 0.6 is 11.6 Å². The summed E-state index contributed by atoms with van der Waals surface area (Å²) in [5.41, 5.74) is 0.812. The molecule has 0 amide bonds. The molecule has 0 saturated heterocycles. The summed E-state index contributed by atoms with van der Waals surface area (Å²) in [4.78, 5) is 9.65. The van der Waals surface area contributed by atoms with Crippen molar-refractivity contribution in [2.45, 2.75) is 45.2 Å². The van der Waals surface area contributed by atoms with Crippen LogP contribution in [0.2, 0.25) is 0 Å². The summed E-state index contributed by atoms with van der Waals surface area (Å²) in [7, 11) is 0. The monoisotopic (exact) mass is 309 g/mol. The molecule has 0 N–H and O–H groups in total. The van der Waals surface area contributed by atoms with E-state index in [0.717, 1.165) is 0 Å². The Morgan fingerprint density at radius 2 is 2.00 bits per heavy atom. The topological polar surface area (TPSA) is 29.0 Å². The molecule has 0 aliphatic heterocycles. The first-order chi connectivity index (χ1) is 9.28. The number of halogens is 4. The molecular weight excluding hydrogens is 291 g/mol. The summed E-state index contributed by atoms with van der Waals surface area (Å²) in [6.07, 6.45) is -2.22. The lowest BCUT2D eigenvalue weighted by atomic mass is 10.2. The molecule has 0 aromatic carbocycles. The lowest BCUT2D eigenvalue weighted by Gasteiger charge is -2.26. The first-order valence-corrected chi connectivity index (χ1v) is 7.05. The molecule has 0 aliphatic carbocycles. The van der Waals surface area contributed by atoms with Crippen molar-refractivity contribution in [2.75, 3.05) is 18.0 Å². The summed E-state index contributed by atoms with van der Waals surface area (Å²) in [6.45, 7) is 4.94. The molecule has 0 spiro atoms. The highest BCUT2D eigenvalue weighted by Crippen LogP contribution is 2.26. The fourth-order valence-corrected chi connectivity index (χ4v) is 2.03. The highest BCUT2D eigenvalue weighted by Gasteiger charge is 2.31. The number of alkyl halides is 4. The molecule has 0 aliphatic rings. The van der Waals surface area contributed by atoms with Crippen LogP contribution in [0, 0.1) is 0 Å². The quantitative estimate of drug-likeness (QED) is 0.740. The summed E-state index contributed by atoms with van der Waals surface area (Å²) in [5, 5.41) is 0. The first-order valence-electron chi connectivity index (χ1n) is 6.52. The van der Waals surface area contributed by atoms with Gasteiger partial charge in [0.05, 0.1) is 23.5 Å². The second-order valence-corrected chi connectivity index (χ2v) is 5.15. The normalized spacial score (nSPS) is 12.0. The zero-order valence-electron chi connectivity index (χ0n) is 11.8. The van der Waals surface area contributed by atoms with E-state index in [4.69, 9.17) is 11.6 Å². The molecule has 114 valence electrons. The average Bonchev–Trinajstić information content (AvgIpc) is 2.35. The van der Waals surface area contributed by atoms with Gasteiger partial charge in [0, 0.05) is 12.5 Å². The Balaban J connectivity index is 3.12. The van der Waals surface area contributed by atoms with Gasteiger partial charge in [-0.25, -0.2) is 9.97 Å². The van der Waals surface area contributed by atoms with Crippen LogP contribution in [0.1, 0.15) is 44.6 Å². The zero-order chi connectivity index (χ0) is 15.3. The Bertz CT molecular complexity index is 435. The molecule has 0 fully saturated rings. The van der Waals surface area contributed by atoms with E-state index in [2.05, 4.69) is 9.97 Å². The fourth-order valence-electron chi connectivity index (χ4n) is 1.84. The van der Waals surface area contributed by atoms with Gasteiger partial charge in [-0.15, -0.1) is 11.6 Å². The highest BCUT2D eigenvalue weighted by atomic mass is 35.5. The molecule has 1 rings (SSSR count). The van der Waals surface area contributed by atoms with E-state index >= 15 is 0 Å². The van der Waals surface area contributed by atoms with E-state index in [0.29, 0.717) is 23.6 Å². The van der Waals surface area contributed by atoms with Crippen molar-refractivity contribution in [3.8, 4) is 0 Å². The first kappa shape index (κ1) is 17.0. The molecule has 1 aromatic rings. The highest BCUT2D eigenvalue weighted by molar-refractivity contribution is 6.17. The van der Waals surface area contributed by atoms with Crippen LogP contribution in [0.25, 0.3) is 0 Å². The number of hydrogen-bond donors (Lipinski definition) is 0. The van der Waals surface area contributed by atoms with E-state index in [1.807, 2.05) is 20.8 Å². The Hall–Kier alpha value is -1.04. The SMILES string of the molecule is CCCN(CC(F)(F)F)c1cnc(C(C)C)nc1CCl. The van der Waals surface area contributed by atoms with Gasteiger partial charge in [-0.05, 0) is 6.42 Å². The average molecular weight is 310 g/mol. The van der Waals surface area contributed by atoms with Gasteiger partial charge < -0.3 is 4.90 Å². The Morgan fingerprint density at radius 1 is 1.35 bits per heavy atom. The molecule has 7 heteroatoms. The minimum Gasteiger partial charge on any atom is -0.360 e. The van der Waals surface area contributed by atoms with E-state index < -0.39 is 12.7 Å². The van der Waals surface area contributed by atoms with E-state index in [9.17, 15) is 13.2 Å². The van der Waals surface area contributed by atoms with Gasteiger partial charge >= 0.3 is 6.18 Å². The van der Waals surface area contributed by atoms with Gasteiger partial charge in [0.25, 0.3) is 0 Å². The second kappa shape index (κ2) is 7.11. The minimum atomic E-state index is -4.27. The molecule has 0 bridgehead atoms. The number of nitrogens with zero attached hydrogens (tertiary/aromatic N) is 3. The molecule has 20 heavy (non-hydrogen) atoms. The minimum absolute atomic E-state index is 0.0651. The van der Waals surface area contributed by atoms with Crippen LogP contribution in [0.15, 0.2) is 6.20 Å². The summed E-state index contributed by atoms with van der Waals surface area (Å²) < 4.78 is 37.9. The van der Waals surface area contributed by atoms with E-state index in [1.54, 1.807) is 0 Å². The maximum Gasteiger partial charge on any atom is 0.405 e. The van der Waals surface area contributed by atoms with E-state index in [1.165, 1.54) is 11.1 Å². The van der Waals surface area contributed by atoms with Crippen molar-refractivity contribution in [3.05, 3.63) is 17.7 Å². The van der Waals surface area contributed by atoms with Crippen LogP contribution in [-0.4, -0.2) is 29.2 Å². The molecule has 0 saturated carbocycles. The van der Waals surface area contributed by atoms with Crippen LogP contribution in [-0.2, 0) is 5.88 Å². The standard InChI is InChI=1S/C13H19ClF3N3/c1-4-5-20(8-13(15,16)17)11-7-18-12(9(2)3)19-10(11)6-14/h7,9H,4-6,8H2,1-3H3. The maximum absolute atomic E-state index is 12.6. The van der Waals surface area contributed by atoms with Crippen molar-refractivity contribution in [2.24, 2.45) is 0 Å². The third-order valence-electron chi connectivity index (χ3n) is 2.71. The number of rotatable bonds is 6. The van der Waals surface area contributed by atoms with Gasteiger partial charge in [0.1, 0.15) is 12.4 Å². The van der Waals surface area contributed by atoms with Crippen molar-refractivity contribution < 1.29 is 13.2 Å². The van der Waals surface area contributed by atoms with Crippen LogP contribution < -0.4 is 4.90 Å². The predicted molar refractivity (Wildman–Crippen MR) is 74.2 cm³/mol. The summed E-state index contributed by atoms with van der Waals surface area (Å²) in [5.74, 6) is 0.761. The van der Waals surface area contributed by atoms with Crippen LogP contribution in [0.5, 0.6) is 0 Å². The van der Waals surface area contributed by atoms with Gasteiger partial charge in [0.2, 0.25) is 0 Å². The molecule has 3 nitrogen and oxygen atoms in total. The lowest BCUT2D eigenvalue weighted by molar-refractivity contribution is -0.119. The predicted octanol–water partition coefficient (Wildman–Crippen LogP) is 4.12. The van der Waals surface area contributed by atoms with E-state index in [-0.39, 0.29) is 18.3 Å². The Labute approximate surface area is 122 Å². The molecular formula is C13H19ClF3N3. The summed E-state index contributed by atoms with van der Waals surface area (Å²) in [6, 6.07) is 0. The van der Waals surface area contributed by atoms with Crippen molar-refractivity contribution >= 4 is 17.3 Å². The van der Waals surface area contributed by atoms with Gasteiger partial charge in [-0.1, -0.05) is 20.8 Å². The number of aromatic nitrogens is 2. The molecule has 1 aromatic heterocycles. The van der Waals surface area contributed by atoms with Crippen molar-refractivity contribution in [3.63, 3.8) is 0 Å². The third-order valence-corrected chi connectivity index (χ3v) is 2.96. The number of anilines is 1. The Morgan fingerprint density at radius 3 is 2.45 bits per heavy atom. The fraction of sp³-hybridized carbons (Fsp3) is 0.692. The maximum atomic E-state index is 12.6. The molecule has 1 heterocycles.